The Hall–Kier alpha value is -0.650. The molecule has 0 unspecified atom stereocenters. The second kappa shape index (κ2) is 3.25. The maximum atomic E-state index is 10.7. The molecule has 1 N–H and O–H groups in total. The van der Waals surface area contributed by atoms with E-state index in [1.807, 2.05) is 0 Å². The third-order valence-electron chi connectivity index (χ3n) is 2.30. The number of esters is 1. The van der Waals surface area contributed by atoms with Crippen LogP contribution in [0.5, 0.6) is 0 Å². The summed E-state index contributed by atoms with van der Waals surface area (Å²) < 4.78 is 15.5. The number of carbonyl (C=O) groups excluding carboxylic acids is 1. The summed E-state index contributed by atoms with van der Waals surface area (Å²) >= 11 is 0. The predicted molar refractivity (Wildman–Crippen MR) is 41.0 cm³/mol. The fourth-order valence-corrected chi connectivity index (χ4v) is 1.76. The second-order valence-electron chi connectivity index (χ2n) is 3.31. The quantitative estimate of drug-likeness (QED) is 0.539. The van der Waals surface area contributed by atoms with Crippen LogP contribution in [0, 0.1) is 0 Å². The number of rotatable bonds is 1. The third kappa shape index (κ3) is 1.54. The van der Waals surface area contributed by atoms with Gasteiger partial charge in [0.1, 0.15) is 18.3 Å². The lowest BCUT2D eigenvalue weighted by Crippen LogP contribution is -2.33. The highest BCUT2D eigenvalue weighted by Crippen LogP contribution is 2.28. The minimum atomic E-state index is -0.592. The first-order chi connectivity index (χ1) is 6.18. The Morgan fingerprint density at radius 2 is 2.08 bits per heavy atom. The van der Waals surface area contributed by atoms with Crippen LogP contribution in [0.4, 0.5) is 0 Å². The molecule has 0 bridgehead atoms. The van der Waals surface area contributed by atoms with Crippen molar-refractivity contribution in [2.45, 2.75) is 31.3 Å². The Balaban J connectivity index is 1.98. The molecule has 0 aliphatic carbocycles. The van der Waals surface area contributed by atoms with E-state index < -0.39 is 6.10 Å². The Kier molecular flexibility index (Phi) is 2.23. The van der Waals surface area contributed by atoms with E-state index in [1.165, 1.54) is 6.92 Å². The molecule has 0 aromatic rings. The first-order valence-electron chi connectivity index (χ1n) is 4.27. The van der Waals surface area contributed by atoms with Crippen molar-refractivity contribution in [3.8, 4) is 0 Å². The number of aliphatic hydroxyl groups excluding tert-OH is 1. The standard InChI is InChI=1S/C8H12O5/c1-4(9)13-6-3-12-7-5(10)2-11-8(6)7/h5-8,10H,2-3H2,1H3/t5-,6+,7-,8-/m1/s1. The fraction of sp³-hybridized carbons (Fsp3) is 0.875. The molecule has 2 rings (SSSR count). The monoisotopic (exact) mass is 188 g/mol. The average molecular weight is 188 g/mol. The number of fused-ring (bicyclic) bond motifs is 1. The molecule has 4 atom stereocenters. The van der Waals surface area contributed by atoms with Gasteiger partial charge in [0.2, 0.25) is 0 Å². The zero-order chi connectivity index (χ0) is 9.42. The Bertz CT molecular complexity index is 217. The molecule has 2 heterocycles. The Labute approximate surface area is 75.6 Å². The van der Waals surface area contributed by atoms with Gasteiger partial charge in [-0.1, -0.05) is 0 Å². The van der Waals surface area contributed by atoms with Gasteiger partial charge < -0.3 is 19.3 Å². The van der Waals surface area contributed by atoms with Gasteiger partial charge >= 0.3 is 5.97 Å². The summed E-state index contributed by atoms with van der Waals surface area (Å²) in [5.41, 5.74) is 0. The minimum absolute atomic E-state index is 0.257. The summed E-state index contributed by atoms with van der Waals surface area (Å²) in [6.45, 7) is 1.91. The van der Waals surface area contributed by atoms with Crippen LogP contribution < -0.4 is 0 Å². The van der Waals surface area contributed by atoms with Gasteiger partial charge in [0.05, 0.1) is 13.2 Å². The largest absolute Gasteiger partial charge is 0.457 e. The summed E-state index contributed by atoms with van der Waals surface area (Å²) in [5.74, 6) is -0.348. The van der Waals surface area contributed by atoms with Crippen molar-refractivity contribution in [3.63, 3.8) is 0 Å². The predicted octanol–water partition coefficient (Wildman–Crippen LogP) is -0.923. The molecule has 0 saturated carbocycles. The van der Waals surface area contributed by atoms with Crippen LogP contribution >= 0.6 is 0 Å². The first kappa shape index (κ1) is 8.93. The van der Waals surface area contributed by atoms with Crippen LogP contribution in [-0.2, 0) is 19.0 Å². The topological polar surface area (TPSA) is 65.0 Å². The molecule has 2 aliphatic rings. The third-order valence-corrected chi connectivity index (χ3v) is 2.30. The summed E-state index contributed by atoms with van der Waals surface area (Å²) in [5, 5.41) is 9.36. The van der Waals surface area contributed by atoms with Crippen molar-refractivity contribution in [2.24, 2.45) is 0 Å². The van der Waals surface area contributed by atoms with Crippen LogP contribution in [0.2, 0.25) is 0 Å². The van der Waals surface area contributed by atoms with Gasteiger partial charge in [-0.2, -0.15) is 0 Å². The molecule has 0 amide bonds. The van der Waals surface area contributed by atoms with E-state index in [4.69, 9.17) is 14.2 Å². The molecular formula is C8H12O5. The molecule has 0 aromatic heterocycles. The Morgan fingerprint density at radius 1 is 1.38 bits per heavy atom. The second-order valence-corrected chi connectivity index (χ2v) is 3.31. The molecule has 13 heavy (non-hydrogen) atoms. The van der Waals surface area contributed by atoms with Gasteiger partial charge in [-0.15, -0.1) is 0 Å². The average Bonchev–Trinajstić information content (AvgIpc) is 2.56. The van der Waals surface area contributed by atoms with E-state index in [0.717, 1.165) is 0 Å². The summed E-state index contributed by atoms with van der Waals surface area (Å²) in [7, 11) is 0. The van der Waals surface area contributed by atoms with Crippen LogP contribution in [0.1, 0.15) is 6.92 Å². The van der Waals surface area contributed by atoms with Crippen molar-refractivity contribution < 1.29 is 24.1 Å². The van der Waals surface area contributed by atoms with E-state index in [0.29, 0.717) is 6.61 Å². The van der Waals surface area contributed by atoms with Gasteiger partial charge in [-0.3, -0.25) is 4.79 Å². The SMILES string of the molecule is CC(=O)O[C@H]1CO[C@H]2[C@@H]1OC[C@H]2O. The molecule has 74 valence electrons. The van der Waals surface area contributed by atoms with Gasteiger partial charge in [0.25, 0.3) is 0 Å². The molecule has 0 aromatic carbocycles. The Morgan fingerprint density at radius 3 is 2.77 bits per heavy atom. The minimum Gasteiger partial charge on any atom is -0.457 e. The lowest BCUT2D eigenvalue weighted by molar-refractivity contribution is -0.151. The lowest BCUT2D eigenvalue weighted by Gasteiger charge is -2.14. The highest BCUT2D eigenvalue weighted by atomic mass is 16.6. The summed E-state index contributed by atoms with van der Waals surface area (Å²) in [6, 6.07) is 0. The number of hydrogen-bond acceptors (Lipinski definition) is 5. The first-order valence-corrected chi connectivity index (χ1v) is 4.27. The van der Waals surface area contributed by atoms with Crippen LogP contribution in [0.3, 0.4) is 0 Å². The molecule has 5 heteroatoms. The summed E-state index contributed by atoms with van der Waals surface area (Å²) in [6.07, 6.45) is -1.58. The van der Waals surface area contributed by atoms with Gasteiger partial charge in [-0.05, 0) is 0 Å². The number of ether oxygens (including phenoxy) is 3. The van der Waals surface area contributed by atoms with Crippen LogP contribution in [0.15, 0.2) is 0 Å². The fourth-order valence-electron chi connectivity index (χ4n) is 1.76. The number of hydrogen-bond donors (Lipinski definition) is 1. The van der Waals surface area contributed by atoms with Crippen molar-refractivity contribution in [2.75, 3.05) is 13.2 Å². The molecule has 2 aliphatic heterocycles. The zero-order valence-corrected chi connectivity index (χ0v) is 7.30. The highest BCUT2D eigenvalue weighted by Gasteiger charge is 2.48. The van der Waals surface area contributed by atoms with E-state index in [-0.39, 0.29) is 30.9 Å². The maximum Gasteiger partial charge on any atom is 0.303 e. The molecule has 2 saturated heterocycles. The smallest absolute Gasteiger partial charge is 0.303 e. The van der Waals surface area contributed by atoms with Crippen molar-refractivity contribution in [1.29, 1.82) is 0 Å². The molecule has 5 nitrogen and oxygen atoms in total. The van der Waals surface area contributed by atoms with E-state index in [1.54, 1.807) is 0 Å². The normalized spacial score (nSPS) is 43.2. The lowest BCUT2D eigenvalue weighted by atomic mass is 10.1. The molecule has 0 spiro atoms. The van der Waals surface area contributed by atoms with E-state index in [9.17, 15) is 9.90 Å². The number of carbonyl (C=O) groups is 1. The maximum absolute atomic E-state index is 10.7. The molecular weight excluding hydrogens is 176 g/mol. The zero-order valence-electron chi connectivity index (χ0n) is 7.30. The van der Waals surface area contributed by atoms with Gasteiger partial charge in [0, 0.05) is 6.92 Å². The van der Waals surface area contributed by atoms with Crippen molar-refractivity contribution >= 4 is 5.97 Å². The van der Waals surface area contributed by atoms with E-state index >= 15 is 0 Å². The van der Waals surface area contributed by atoms with E-state index in [2.05, 4.69) is 0 Å². The van der Waals surface area contributed by atoms with Crippen LogP contribution in [-0.4, -0.2) is 48.7 Å². The highest BCUT2D eigenvalue weighted by molar-refractivity contribution is 5.66. The van der Waals surface area contributed by atoms with Gasteiger partial charge in [-0.25, -0.2) is 0 Å². The van der Waals surface area contributed by atoms with Crippen molar-refractivity contribution in [1.82, 2.24) is 0 Å². The molecule has 0 radical (unpaired) electrons. The summed E-state index contributed by atoms with van der Waals surface area (Å²) in [4.78, 5) is 10.7. The number of aliphatic hydroxyl groups is 1. The van der Waals surface area contributed by atoms with Gasteiger partial charge in [0.15, 0.2) is 6.10 Å². The molecule has 2 fully saturated rings. The van der Waals surface area contributed by atoms with Crippen LogP contribution in [0.25, 0.3) is 0 Å². The van der Waals surface area contributed by atoms with Crippen molar-refractivity contribution in [3.05, 3.63) is 0 Å².